The Morgan fingerprint density at radius 3 is 2.59 bits per heavy atom. The molecule has 2 aromatic carbocycles. The molecule has 0 radical (unpaired) electrons. The molecule has 6 nitrogen and oxygen atoms in total. The van der Waals surface area contributed by atoms with Crippen molar-refractivity contribution in [1.29, 1.82) is 0 Å². The Morgan fingerprint density at radius 1 is 1.10 bits per heavy atom. The van der Waals surface area contributed by atoms with Crippen molar-refractivity contribution in [3.63, 3.8) is 0 Å². The van der Waals surface area contributed by atoms with Crippen molar-refractivity contribution >= 4 is 5.91 Å². The van der Waals surface area contributed by atoms with E-state index in [-0.39, 0.29) is 11.7 Å². The van der Waals surface area contributed by atoms with Crippen LogP contribution in [0.1, 0.15) is 23.0 Å². The zero-order valence-corrected chi connectivity index (χ0v) is 16.7. The van der Waals surface area contributed by atoms with Gasteiger partial charge in [0.05, 0.1) is 19.9 Å². The van der Waals surface area contributed by atoms with Crippen molar-refractivity contribution in [3.8, 4) is 22.8 Å². The lowest BCUT2D eigenvalue weighted by molar-refractivity contribution is 0.0943. The third-order valence-electron chi connectivity index (χ3n) is 4.58. The number of nitrogens with zero attached hydrogens (tertiary/aromatic N) is 2. The van der Waals surface area contributed by atoms with Crippen LogP contribution in [0.5, 0.6) is 11.5 Å². The third kappa shape index (κ3) is 4.74. The average Bonchev–Trinajstić information content (AvgIpc) is 3.18. The molecule has 1 N–H and O–H groups in total. The van der Waals surface area contributed by atoms with Crippen LogP contribution in [0.4, 0.5) is 4.39 Å². The molecule has 0 aliphatic rings. The van der Waals surface area contributed by atoms with Gasteiger partial charge in [0.15, 0.2) is 11.5 Å². The number of ether oxygens (including phenoxy) is 2. The highest BCUT2D eigenvalue weighted by Gasteiger charge is 2.15. The van der Waals surface area contributed by atoms with Crippen LogP contribution >= 0.6 is 0 Å². The number of aryl methyl sites for hydroxylation is 1. The summed E-state index contributed by atoms with van der Waals surface area (Å²) in [7, 11) is 3.18. The van der Waals surface area contributed by atoms with Gasteiger partial charge in [-0.3, -0.25) is 9.48 Å². The van der Waals surface area contributed by atoms with Crippen LogP contribution in [-0.4, -0.2) is 36.5 Å². The normalized spacial score (nSPS) is 10.6. The molecule has 7 heteroatoms. The Hall–Kier alpha value is -3.35. The molecule has 0 fully saturated rings. The lowest BCUT2D eigenvalue weighted by atomic mass is 10.1. The van der Waals surface area contributed by atoms with Gasteiger partial charge in [0.2, 0.25) is 0 Å². The van der Waals surface area contributed by atoms with Gasteiger partial charge in [0, 0.05) is 18.7 Å². The van der Waals surface area contributed by atoms with Gasteiger partial charge in [-0.25, -0.2) is 4.39 Å². The molecule has 29 heavy (non-hydrogen) atoms. The van der Waals surface area contributed by atoms with E-state index in [9.17, 15) is 9.18 Å². The molecule has 0 bridgehead atoms. The number of carbonyl (C=O) groups is 1. The first-order valence-corrected chi connectivity index (χ1v) is 9.38. The number of benzene rings is 2. The number of aromatic nitrogens is 2. The quantitative estimate of drug-likeness (QED) is 0.630. The van der Waals surface area contributed by atoms with Gasteiger partial charge in [-0.2, -0.15) is 5.10 Å². The van der Waals surface area contributed by atoms with Gasteiger partial charge < -0.3 is 14.8 Å². The number of hydrogen-bond acceptors (Lipinski definition) is 4. The number of carbonyl (C=O) groups excluding carboxylic acids is 1. The van der Waals surface area contributed by atoms with E-state index >= 15 is 0 Å². The molecule has 152 valence electrons. The summed E-state index contributed by atoms with van der Waals surface area (Å²) in [5.41, 5.74) is 2.67. The maximum Gasteiger partial charge on any atom is 0.269 e. The summed E-state index contributed by atoms with van der Waals surface area (Å²) < 4.78 is 25.7. The van der Waals surface area contributed by atoms with E-state index in [0.717, 1.165) is 5.56 Å². The Bertz CT molecular complexity index is 1000. The molecule has 1 amide bonds. The van der Waals surface area contributed by atoms with Crippen LogP contribution in [0.3, 0.4) is 0 Å². The van der Waals surface area contributed by atoms with Crippen LogP contribution in [0.2, 0.25) is 0 Å². The second kappa shape index (κ2) is 9.23. The summed E-state index contributed by atoms with van der Waals surface area (Å²) in [5, 5.41) is 7.35. The Kier molecular flexibility index (Phi) is 6.49. The zero-order chi connectivity index (χ0) is 20.8. The van der Waals surface area contributed by atoms with Gasteiger partial charge in [-0.15, -0.1) is 0 Å². The second-order valence-electron chi connectivity index (χ2n) is 6.44. The van der Waals surface area contributed by atoms with E-state index in [2.05, 4.69) is 10.4 Å². The van der Waals surface area contributed by atoms with E-state index < -0.39 is 0 Å². The highest BCUT2D eigenvalue weighted by Crippen LogP contribution is 2.27. The molecule has 1 heterocycles. The third-order valence-corrected chi connectivity index (χ3v) is 4.58. The number of halogens is 1. The molecule has 3 aromatic rings. The zero-order valence-electron chi connectivity index (χ0n) is 16.7. The standard InChI is InChI=1S/C22H24FN3O3/c1-4-26-19(14-18(25-26)16-6-5-7-17(23)13-16)22(27)24-11-10-15-8-9-20(28-2)21(12-15)29-3/h5-9,12-14H,4,10-11H2,1-3H3,(H,24,27). The highest BCUT2D eigenvalue weighted by molar-refractivity contribution is 5.93. The fraction of sp³-hybridized carbons (Fsp3) is 0.273. The van der Waals surface area contributed by atoms with Crippen molar-refractivity contribution in [1.82, 2.24) is 15.1 Å². The lowest BCUT2D eigenvalue weighted by Crippen LogP contribution is -2.28. The summed E-state index contributed by atoms with van der Waals surface area (Å²) in [6.45, 7) is 2.90. The van der Waals surface area contributed by atoms with Crippen LogP contribution in [-0.2, 0) is 13.0 Å². The van der Waals surface area contributed by atoms with Crippen LogP contribution in [0, 0.1) is 5.82 Å². The Labute approximate surface area is 169 Å². The topological polar surface area (TPSA) is 65.4 Å². The van der Waals surface area contributed by atoms with Crippen molar-refractivity contribution in [2.75, 3.05) is 20.8 Å². The molecule has 0 saturated carbocycles. The second-order valence-corrected chi connectivity index (χ2v) is 6.44. The maximum atomic E-state index is 13.5. The van der Waals surface area contributed by atoms with Crippen LogP contribution in [0.25, 0.3) is 11.3 Å². The van der Waals surface area contributed by atoms with E-state index in [1.165, 1.54) is 12.1 Å². The van der Waals surface area contributed by atoms with Gasteiger partial charge in [-0.1, -0.05) is 18.2 Å². The Balaban J connectivity index is 1.68. The monoisotopic (exact) mass is 397 g/mol. The summed E-state index contributed by atoms with van der Waals surface area (Å²) in [4.78, 5) is 12.7. The minimum absolute atomic E-state index is 0.220. The number of nitrogens with one attached hydrogen (secondary N) is 1. The van der Waals surface area contributed by atoms with Crippen molar-refractivity contribution in [2.45, 2.75) is 19.9 Å². The van der Waals surface area contributed by atoms with Crippen LogP contribution in [0.15, 0.2) is 48.5 Å². The molecule has 0 spiro atoms. The lowest BCUT2D eigenvalue weighted by Gasteiger charge is -2.10. The minimum Gasteiger partial charge on any atom is -0.493 e. The smallest absolute Gasteiger partial charge is 0.269 e. The van der Waals surface area contributed by atoms with Crippen molar-refractivity contribution in [3.05, 3.63) is 65.6 Å². The predicted molar refractivity (Wildman–Crippen MR) is 109 cm³/mol. The van der Waals surface area contributed by atoms with Gasteiger partial charge in [-0.05, 0) is 49.2 Å². The molecule has 0 aliphatic heterocycles. The van der Waals surface area contributed by atoms with E-state index in [1.807, 2.05) is 25.1 Å². The molecular weight excluding hydrogens is 373 g/mol. The van der Waals surface area contributed by atoms with Gasteiger partial charge >= 0.3 is 0 Å². The van der Waals surface area contributed by atoms with Crippen LogP contribution < -0.4 is 14.8 Å². The Morgan fingerprint density at radius 2 is 1.90 bits per heavy atom. The van der Waals surface area contributed by atoms with E-state index in [4.69, 9.17) is 9.47 Å². The SMILES string of the molecule is CCn1nc(-c2cccc(F)c2)cc1C(=O)NCCc1ccc(OC)c(OC)c1. The summed E-state index contributed by atoms with van der Waals surface area (Å²) in [6, 6.07) is 13.5. The summed E-state index contributed by atoms with van der Waals surface area (Å²) in [6.07, 6.45) is 0.642. The number of hydrogen-bond donors (Lipinski definition) is 1. The van der Waals surface area contributed by atoms with Crippen molar-refractivity contribution in [2.24, 2.45) is 0 Å². The molecule has 0 aliphatic carbocycles. The molecule has 1 aromatic heterocycles. The van der Waals surface area contributed by atoms with Gasteiger partial charge in [0.1, 0.15) is 11.5 Å². The fourth-order valence-corrected chi connectivity index (χ4v) is 3.08. The average molecular weight is 397 g/mol. The summed E-state index contributed by atoms with van der Waals surface area (Å²) in [5.74, 6) is 0.758. The first kappa shape index (κ1) is 20.4. The largest absolute Gasteiger partial charge is 0.493 e. The van der Waals surface area contributed by atoms with E-state index in [1.54, 1.807) is 37.1 Å². The maximum absolute atomic E-state index is 13.5. The first-order chi connectivity index (χ1) is 14.0. The molecule has 0 saturated heterocycles. The first-order valence-electron chi connectivity index (χ1n) is 9.38. The molecule has 0 unspecified atom stereocenters. The van der Waals surface area contributed by atoms with Crippen molar-refractivity contribution < 1.29 is 18.7 Å². The molecule has 0 atom stereocenters. The molecule has 3 rings (SSSR count). The minimum atomic E-state index is -0.338. The fourth-order valence-electron chi connectivity index (χ4n) is 3.08. The predicted octanol–water partition coefficient (Wildman–Crippen LogP) is 3.70. The van der Waals surface area contributed by atoms with E-state index in [0.29, 0.717) is 48.0 Å². The number of methoxy groups -OCH3 is 2. The van der Waals surface area contributed by atoms with Gasteiger partial charge in [0.25, 0.3) is 5.91 Å². The summed E-state index contributed by atoms with van der Waals surface area (Å²) >= 11 is 0. The number of rotatable bonds is 8. The molecular formula is C22H24FN3O3. The number of amides is 1. The highest BCUT2D eigenvalue weighted by atomic mass is 19.1.